The molecule has 1 aromatic carbocycles. The molecule has 2 rings (SSSR count). The first-order chi connectivity index (χ1) is 7.64. The molecule has 0 unspecified atom stereocenters. The second kappa shape index (κ2) is 4.18. The van der Waals surface area contributed by atoms with E-state index in [9.17, 15) is 14.7 Å². The highest BCUT2D eigenvalue weighted by Crippen LogP contribution is 2.35. The van der Waals surface area contributed by atoms with Crippen LogP contribution >= 0.6 is 0 Å². The molecule has 0 bridgehead atoms. The zero-order chi connectivity index (χ0) is 11.6. The number of hydrogen-bond acceptors (Lipinski definition) is 3. The molecule has 0 spiro atoms. The standard InChI is InChI=1S/C13H14O3/c14-9-10-2-1-3-11(8-10)13(16)6-4-12(15)5-7-13/h1-3,8-9,16H,4-7H2. The number of ketones is 1. The van der Waals surface area contributed by atoms with Gasteiger partial charge < -0.3 is 5.11 Å². The van der Waals surface area contributed by atoms with E-state index in [-0.39, 0.29) is 5.78 Å². The van der Waals surface area contributed by atoms with Gasteiger partial charge in [-0.1, -0.05) is 18.2 Å². The Bertz CT molecular complexity index is 413. The topological polar surface area (TPSA) is 54.4 Å². The summed E-state index contributed by atoms with van der Waals surface area (Å²) in [4.78, 5) is 21.8. The predicted octanol–water partition coefficient (Wildman–Crippen LogP) is 1.83. The SMILES string of the molecule is O=Cc1cccc(C2(O)CCC(=O)CC2)c1. The van der Waals surface area contributed by atoms with E-state index >= 15 is 0 Å². The third-order valence-electron chi connectivity index (χ3n) is 3.19. The van der Waals surface area contributed by atoms with E-state index in [0.29, 0.717) is 31.2 Å². The van der Waals surface area contributed by atoms with Crippen LogP contribution in [0.15, 0.2) is 24.3 Å². The molecular weight excluding hydrogens is 204 g/mol. The molecule has 84 valence electrons. The smallest absolute Gasteiger partial charge is 0.150 e. The Morgan fingerprint density at radius 3 is 2.56 bits per heavy atom. The van der Waals surface area contributed by atoms with E-state index in [2.05, 4.69) is 0 Å². The highest BCUT2D eigenvalue weighted by atomic mass is 16.3. The van der Waals surface area contributed by atoms with Crippen molar-refractivity contribution in [3.8, 4) is 0 Å². The van der Waals surface area contributed by atoms with E-state index in [1.54, 1.807) is 18.2 Å². The number of carbonyl (C=O) groups is 2. The minimum absolute atomic E-state index is 0.205. The quantitative estimate of drug-likeness (QED) is 0.770. The maximum Gasteiger partial charge on any atom is 0.150 e. The molecule has 0 aliphatic heterocycles. The van der Waals surface area contributed by atoms with Gasteiger partial charge in [0.15, 0.2) is 0 Å². The molecule has 1 N–H and O–H groups in total. The van der Waals surface area contributed by atoms with Crippen molar-refractivity contribution in [1.82, 2.24) is 0 Å². The molecule has 3 nitrogen and oxygen atoms in total. The summed E-state index contributed by atoms with van der Waals surface area (Å²) in [5, 5.41) is 10.4. The number of hydrogen-bond donors (Lipinski definition) is 1. The van der Waals surface area contributed by atoms with E-state index in [4.69, 9.17) is 0 Å². The number of carbonyl (C=O) groups excluding carboxylic acids is 2. The van der Waals surface area contributed by atoms with E-state index < -0.39 is 5.60 Å². The maximum atomic E-state index is 11.1. The number of aldehydes is 1. The number of Topliss-reactive ketones (excluding diaryl/α,β-unsaturated/α-hetero) is 1. The first-order valence-corrected chi connectivity index (χ1v) is 5.44. The Morgan fingerprint density at radius 1 is 1.25 bits per heavy atom. The molecule has 0 radical (unpaired) electrons. The molecule has 16 heavy (non-hydrogen) atoms. The number of rotatable bonds is 2. The summed E-state index contributed by atoms with van der Waals surface area (Å²) in [5.74, 6) is 0.205. The van der Waals surface area contributed by atoms with E-state index in [1.165, 1.54) is 0 Å². The van der Waals surface area contributed by atoms with Crippen molar-refractivity contribution in [2.45, 2.75) is 31.3 Å². The minimum Gasteiger partial charge on any atom is -0.385 e. The minimum atomic E-state index is -0.938. The average Bonchev–Trinajstić information content (AvgIpc) is 2.33. The molecule has 0 heterocycles. The van der Waals surface area contributed by atoms with Gasteiger partial charge in [0.25, 0.3) is 0 Å². The fourth-order valence-electron chi connectivity index (χ4n) is 2.13. The molecule has 0 atom stereocenters. The third kappa shape index (κ3) is 2.04. The van der Waals surface area contributed by atoms with Crippen molar-refractivity contribution in [3.05, 3.63) is 35.4 Å². The molecule has 1 aliphatic rings. The van der Waals surface area contributed by atoms with Crippen LogP contribution < -0.4 is 0 Å². The zero-order valence-corrected chi connectivity index (χ0v) is 8.98. The summed E-state index contributed by atoms with van der Waals surface area (Å²) in [6, 6.07) is 6.97. The van der Waals surface area contributed by atoms with Crippen LogP contribution in [0.3, 0.4) is 0 Å². The van der Waals surface area contributed by atoms with Crippen molar-refractivity contribution in [2.75, 3.05) is 0 Å². The van der Waals surface area contributed by atoms with Gasteiger partial charge in [-0.3, -0.25) is 9.59 Å². The highest BCUT2D eigenvalue weighted by molar-refractivity contribution is 5.79. The summed E-state index contributed by atoms with van der Waals surface area (Å²) in [6.45, 7) is 0. The van der Waals surface area contributed by atoms with Gasteiger partial charge in [-0.2, -0.15) is 0 Å². The monoisotopic (exact) mass is 218 g/mol. The van der Waals surface area contributed by atoms with Gasteiger partial charge in [0.2, 0.25) is 0 Å². The molecular formula is C13H14O3. The van der Waals surface area contributed by atoms with Crippen molar-refractivity contribution >= 4 is 12.1 Å². The molecule has 0 saturated heterocycles. The molecule has 1 aromatic rings. The second-order valence-electron chi connectivity index (χ2n) is 4.31. The van der Waals surface area contributed by atoms with Gasteiger partial charge in [0, 0.05) is 18.4 Å². The second-order valence-corrected chi connectivity index (χ2v) is 4.31. The van der Waals surface area contributed by atoms with Gasteiger partial charge in [-0.15, -0.1) is 0 Å². The fraction of sp³-hybridized carbons (Fsp3) is 0.385. The van der Waals surface area contributed by atoms with Crippen LogP contribution in [0.2, 0.25) is 0 Å². The van der Waals surface area contributed by atoms with Gasteiger partial charge in [0.05, 0.1) is 5.60 Å². The predicted molar refractivity (Wildman–Crippen MR) is 59.2 cm³/mol. The van der Waals surface area contributed by atoms with Gasteiger partial charge in [0.1, 0.15) is 12.1 Å². The Labute approximate surface area is 94.1 Å². The lowest BCUT2D eigenvalue weighted by Gasteiger charge is -2.32. The van der Waals surface area contributed by atoms with Crippen LogP contribution in [0.4, 0.5) is 0 Å². The molecule has 1 saturated carbocycles. The fourth-order valence-corrected chi connectivity index (χ4v) is 2.13. The van der Waals surface area contributed by atoms with Crippen molar-refractivity contribution in [3.63, 3.8) is 0 Å². The zero-order valence-electron chi connectivity index (χ0n) is 8.98. The maximum absolute atomic E-state index is 11.1. The van der Waals surface area contributed by atoms with Crippen LogP contribution in [0, 0.1) is 0 Å². The Morgan fingerprint density at radius 2 is 1.94 bits per heavy atom. The van der Waals surface area contributed by atoms with Gasteiger partial charge >= 0.3 is 0 Å². The lowest BCUT2D eigenvalue weighted by molar-refractivity contribution is -0.125. The van der Waals surface area contributed by atoms with Crippen LogP contribution in [0.1, 0.15) is 41.6 Å². The highest BCUT2D eigenvalue weighted by Gasteiger charge is 2.33. The molecule has 1 fully saturated rings. The van der Waals surface area contributed by atoms with Crippen molar-refractivity contribution in [1.29, 1.82) is 0 Å². The Balaban J connectivity index is 2.28. The Hall–Kier alpha value is -1.48. The number of benzene rings is 1. The Kier molecular flexibility index (Phi) is 2.88. The van der Waals surface area contributed by atoms with E-state index in [1.807, 2.05) is 6.07 Å². The van der Waals surface area contributed by atoms with Crippen LogP contribution in [-0.4, -0.2) is 17.2 Å². The first-order valence-electron chi connectivity index (χ1n) is 5.44. The lowest BCUT2D eigenvalue weighted by atomic mass is 9.79. The summed E-state index contributed by atoms with van der Waals surface area (Å²) in [7, 11) is 0. The van der Waals surface area contributed by atoms with Crippen molar-refractivity contribution in [2.24, 2.45) is 0 Å². The van der Waals surface area contributed by atoms with Crippen LogP contribution in [0.25, 0.3) is 0 Å². The van der Waals surface area contributed by atoms with Crippen LogP contribution in [-0.2, 0) is 10.4 Å². The molecule has 0 aromatic heterocycles. The molecule has 3 heteroatoms. The summed E-state index contributed by atoms with van der Waals surface area (Å²) in [5.41, 5.74) is 0.361. The largest absolute Gasteiger partial charge is 0.385 e. The van der Waals surface area contributed by atoms with Crippen molar-refractivity contribution < 1.29 is 14.7 Å². The van der Waals surface area contributed by atoms with E-state index in [0.717, 1.165) is 11.8 Å². The van der Waals surface area contributed by atoms with Crippen LogP contribution in [0.5, 0.6) is 0 Å². The number of aliphatic hydroxyl groups is 1. The molecule has 1 aliphatic carbocycles. The summed E-state index contributed by atoms with van der Waals surface area (Å²) in [6.07, 6.45) is 2.51. The molecule has 0 amide bonds. The van der Waals surface area contributed by atoms with Gasteiger partial charge in [-0.25, -0.2) is 0 Å². The lowest BCUT2D eigenvalue weighted by Crippen LogP contribution is -2.31. The van der Waals surface area contributed by atoms with Gasteiger partial charge in [-0.05, 0) is 24.5 Å². The first kappa shape index (κ1) is 11.0. The summed E-state index contributed by atoms with van der Waals surface area (Å²) >= 11 is 0. The summed E-state index contributed by atoms with van der Waals surface area (Å²) < 4.78 is 0. The normalized spacial score (nSPS) is 19.4. The third-order valence-corrected chi connectivity index (χ3v) is 3.19. The average molecular weight is 218 g/mol.